The Morgan fingerprint density at radius 3 is 3.00 bits per heavy atom. The molecule has 2 unspecified atom stereocenters. The van der Waals surface area contributed by atoms with E-state index in [1.165, 1.54) is 24.9 Å². The second-order valence-corrected chi connectivity index (χ2v) is 5.01. The highest BCUT2D eigenvalue weighted by molar-refractivity contribution is 5.13. The first-order valence-electron chi connectivity index (χ1n) is 6.63. The van der Waals surface area contributed by atoms with Gasteiger partial charge >= 0.3 is 0 Å². The van der Waals surface area contributed by atoms with E-state index >= 15 is 0 Å². The van der Waals surface area contributed by atoms with Crippen molar-refractivity contribution in [1.82, 2.24) is 20.0 Å². The van der Waals surface area contributed by atoms with E-state index in [1.54, 1.807) is 0 Å². The van der Waals surface area contributed by atoms with Crippen LogP contribution in [0.5, 0.6) is 0 Å². The zero-order valence-corrected chi connectivity index (χ0v) is 11.2. The fraction of sp³-hybridized carbons (Fsp3) is 0.769. The van der Waals surface area contributed by atoms with Gasteiger partial charge in [0.05, 0.1) is 6.20 Å². The van der Waals surface area contributed by atoms with Crippen LogP contribution in [0.4, 0.5) is 0 Å². The number of aryl methyl sites for hydroxylation is 1. The van der Waals surface area contributed by atoms with Crippen LogP contribution in [0.15, 0.2) is 12.4 Å². The summed E-state index contributed by atoms with van der Waals surface area (Å²) in [6.07, 6.45) is 6.86. The molecule has 96 valence electrons. The SMILES string of the molecule is CCn1cc(C2C(CNC)CCCN2C)cn1. The summed E-state index contributed by atoms with van der Waals surface area (Å²) < 4.78 is 2.02. The molecule has 4 nitrogen and oxygen atoms in total. The van der Waals surface area contributed by atoms with E-state index in [0.717, 1.165) is 13.1 Å². The summed E-state index contributed by atoms with van der Waals surface area (Å²) in [6, 6.07) is 0.525. The number of hydrogen-bond acceptors (Lipinski definition) is 3. The Balaban J connectivity index is 2.18. The van der Waals surface area contributed by atoms with Gasteiger partial charge in [0.15, 0.2) is 0 Å². The van der Waals surface area contributed by atoms with E-state index in [4.69, 9.17) is 0 Å². The molecule has 1 aromatic rings. The van der Waals surface area contributed by atoms with Gasteiger partial charge in [0.1, 0.15) is 0 Å². The molecule has 1 N–H and O–H groups in total. The second kappa shape index (κ2) is 5.65. The lowest BCUT2D eigenvalue weighted by Crippen LogP contribution is -2.39. The first-order chi connectivity index (χ1) is 8.26. The largest absolute Gasteiger partial charge is 0.319 e. The third kappa shape index (κ3) is 2.69. The van der Waals surface area contributed by atoms with Crippen LogP contribution in [-0.2, 0) is 6.54 Å². The van der Waals surface area contributed by atoms with Crippen molar-refractivity contribution in [3.63, 3.8) is 0 Å². The highest BCUT2D eigenvalue weighted by atomic mass is 15.3. The first kappa shape index (κ1) is 12.6. The lowest BCUT2D eigenvalue weighted by atomic mass is 9.86. The van der Waals surface area contributed by atoms with Crippen molar-refractivity contribution in [2.45, 2.75) is 32.4 Å². The van der Waals surface area contributed by atoms with Crippen LogP contribution < -0.4 is 5.32 Å². The molecule has 1 fully saturated rings. The van der Waals surface area contributed by atoms with Gasteiger partial charge in [-0.3, -0.25) is 9.58 Å². The van der Waals surface area contributed by atoms with Gasteiger partial charge in [0.2, 0.25) is 0 Å². The zero-order valence-electron chi connectivity index (χ0n) is 11.2. The molecule has 2 atom stereocenters. The predicted molar refractivity (Wildman–Crippen MR) is 69.9 cm³/mol. The van der Waals surface area contributed by atoms with E-state index < -0.39 is 0 Å². The topological polar surface area (TPSA) is 33.1 Å². The summed E-state index contributed by atoms with van der Waals surface area (Å²) >= 11 is 0. The van der Waals surface area contributed by atoms with Gasteiger partial charge in [-0.05, 0) is 52.9 Å². The summed E-state index contributed by atoms with van der Waals surface area (Å²) in [5.41, 5.74) is 1.37. The van der Waals surface area contributed by atoms with Crippen LogP contribution in [-0.4, -0.2) is 41.9 Å². The van der Waals surface area contributed by atoms with Crippen molar-refractivity contribution >= 4 is 0 Å². The average Bonchev–Trinajstić information content (AvgIpc) is 2.78. The number of aromatic nitrogens is 2. The Labute approximate surface area is 104 Å². The number of likely N-dealkylation sites (tertiary alicyclic amines) is 1. The highest BCUT2D eigenvalue weighted by Crippen LogP contribution is 2.34. The summed E-state index contributed by atoms with van der Waals surface area (Å²) in [6.45, 7) is 5.37. The predicted octanol–water partition coefficient (Wildman–Crippen LogP) is 1.51. The maximum atomic E-state index is 4.41. The molecule has 1 saturated heterocycles. The first-order valence-corrected chi connectivity index (χ1v) is 6.63. The van der Waals surface area contributed by atoms with Gasteiger partial charge < -0.3 is 5.32 Å². The average molecular weight is 236 g/mol. The third-order valence-electron chi connectivity index (χ3n) is 3.79. The molecule has 2 rings (SSSR count). The van der Waals surface area contributed by atoms with Crippen LogP contribution in [0.3, 0.4) is 0 Å². The Hall–Kier alpha value is -0.870. The van der Waals surface area contributed by atoms with Crippen LogP contribution in [0.25, 0.3) is 0 Å². The molecule has 0 saturated carbocycles. The van der Waals surface area contributed by atoms with Crippen LogP contribution >= 0.6 is 0 Å². The maximum absolute atomic E-state index is 4.41. The number of nitrogens with one attached hydrogen (secondary N) is 1. The summed E-state index contributed by atoms with van der Waals surface area (Å²) in [5, 5.41) is 7.73. The molecule has 0 aliphatic carbocycles. The van der Waals surface area contributed by atoms with Gasteiger partial charge in [0.25, 0.3) is 0 Å². The molecule has 0 radical (unpaired) electrons. The smallest absolute Gasteiger partial charge is 0.0537 e. The maximum Gasteiger partial charge on any atom is 0.0537 e. The minimum absolute atomic E-state index is 0.525. The quantitative estimate of drug-likeness (QED) is 0.860. The van der Waals surface area contributed by atoms with Gasteiger partial charge in [-0.15, -0.1) is 0 Å². The molecule has 1 aliphatic rings. The molecule has 2 heterocycles. The van der Waals surface area contributed by atoms with E-state index in [9.17, 15) is 0 Å². The lowest BCUT2D eigenvalue weighted by molar-refractivity contribution is 0.121. The molecule has 1 aromatic heterocycles. The van der Waals surface area contributed by atoms with Gasteiger partial charge in [0, 0.05) is 24.3 Å². The van der Waals surface area contributed by atoms with Crippen molar-refractivity contribution in [1.29, 1.82) is 0 Å². The number of nitrogens with zero attached hydrogens (tertiary/aromatic N) is 3. The van der Waals surface area contributed by atoms with Crippen molar-refractivity contribution in [3.05, 3.63) is 18.0 Å². The fourth-order valence-corrected chi connectivity index (χ4v) is 2.97. The van der Waals surface area contributed by atoms with Crippen molar-refractivity contribution in [3.8, 4) is 0 Å². The molecular formula is C13H24N4. The van der Waals surface area contributed by atoms with Crippen molar-refractivity contribution < 1.29 is 0 Å². The Morgan fingerprint density at radius 2 is 2.35 bits per heavy atom. The Kier molecular flexibility index (Phi) is 4.18. The Morgan fingerprint density at radius 1 is 1.53 bits per heavy atom. The van der Waals surface area contributed by atoms with Crippen LogP contribution in [0.2, 0.25) is 0 Å². The van der Waals surface area contributed by atoms with E-state index in [0.29, 0.717) is 12.0 Å². The summed E-state index contributed by atoms with van der Waals surface area (Å²) in [5.74, 6) is 0.702. The normalized spacial score (nSPS) is 26.3. The highest BCUT2D eigenvalue weighted by Gasteiger charge is 2.30. The Bertz CT molecular complexity index is 345. The monoisotopic (exact) mass is 236 g/mol. The van der Waals surface area contributed by atoms with E-state index in [2.05, 4.69) is 35.5 Å². The minimum Gasteiger partial charge on any atom is -0.319 e. The number of piperidine rings is 1. The summed E-state index contributed by atoms with van der Waals surface area (Å²) in [7, 11) is 4.27. The van der Waals surface area contributed by atoms with E-state index in [-0.39, 0.29) is 0 Å². The van der Waals surface area contributed by atoms with Gasteiger partial charge in [-0.25, -0.2) is 0 Å². The van der Waals surface area contributed by atoms with E-state index in [1.807, 2.05) is 17.9 Å². The molecule has 0 amide bonds. The summed E-state index contributed by atoms with van der Waals surface area (Å²) in [4.78, 5) is 2.47. The molecule has 1 aliphatic heterocycles. The van der Waals surface area contributed by atoms with Crippen molar-refractivity contribution in [2.75, 3.05) is 27.2 Å². The number of hydrogen-bond donors (Lipinski definition) is 1. The van der Waals surface area contributed by atoms with Gasteiger partial charge in [-0.2, -0.15) is 5.10 Å². The molecular weight excluding hydrogens is 212 g/mol. The minimum atomic E-state index is 0.525. The van der Waals surface area contributed by atoms with Crippen LogP contribution in [0, 0.1) is 5.92 Å². The van der Waals surface area contributed by atoms with Crippen molar-refractivity contribution in [2.24, 2.45) is 5.92 Å². The number of rotatable bonds is 4. The molecule has 0 bridgehead atoms. The molecule has 17 heavy (non-hydrogen) atoms. The standard InChI is InChI=1S/C13H24N4/c1-4-17-10-12(9-15-17)13-11(8-14-2)6-5-7-16(13)3/h9-11,13-14H,4-8H2,1-3H3. The lowest BCUT2D eigenvalue weighted by Gasteiger charge is -2.38. The fourth-order valence-electron chi connectivity index (χ4n) is 2.97. The van der Waals surface area contributed by atoms with Crippen LogP contribution in [0.1, 0.15) is 31.4 Å². The molecule has 4 heteroatoms. The zero-order chi connectivity index (χ0) is 12.3. The molecule has 0 spiro atoms. The third-order valence-corrected chi connectivity index (χ3v) is 3.79. The van der Waals surface area contributed by atoms with Gasteiger partial charge in [-0.1, -0.05) is 0 Å². The second-order valence-electron chi connectivity index (χ2n) is 5.01. The molecule has 0 aromatic carbocycles.